The number of carbonyl (C=O) groups excluding carboxylic acids is 1. The zero-order valence-electron chi connectivity index (χ0n) is 16.4. The van der Waals surface area contributed by atoms with Crippen LogP contribution in [-0.2, 0) is 4.79 Å². The van der Waals surface area contributed by atoms with Crippen molar-refractivity contribution in [1.82, 2.24) is 9.88 Å². The van der Waals surface area contributed by atoms with E-state index in [-0.39, 0.29) is 12.1 Å². The average Bonchev–Trinajstić information content (AvgIpc) is 3.20. The van der Waals surface area contributed by atoms with Crippen molar-refractivity contribution >= 4 is 17.8 Å². The SMILES string of the molecule is COc1ncc(N2c3cc(OC4CCN(C=O)C4)ccc3OCC2C)cc1C#N. The number of nitrogens with zero attached hydrogens (tertiary/aromatic N) is 4. The molecule has 2 unspecified atom stereocenters. The predicted molar refractivity (Wildman–Crippen MR) is 106 cm³/mol. The van der Waals surface area contributed by atoms with Crippen molar-refractivity contribution < 1.29 is 19.0 Å². The van der Waals surface area contributed by atoms with Gasteiger partial charge < -0.3 is 24.0 Å². The molecule has 2 aromatic rings. The van der Waals surface area contributed by atoms with Crippen molar-refractivity contribution in [2.75, 3.05) is 31.7 Å². The summed E-state index contributed by atoms with van der Waals surface area (Å²) in [7, 11) is 1.49. The predicted octanol–water partition coefficient (Wildman–Crippen LogP) is 2.49. The molecule has 0 spiro atoms. The number of aromatic nitrogens is 1. The number of ether oxygens (including phenoxy) is 3. The molecular formula is C21H22N4O4. The molecule has 2 aliphatic rings. The number of hydrogen-bond acceptors (Lipinski definition) is 7. The van der Waals surface area contributed by atoms with Crippen molar-refractivity contribution in [2.24, 2.45) is 0 Å². The third kappa shape index (κ3) is 3.63. The van der Waals surface area contributed by atoms with E-state index < -0.39 is 0 Å². The number of methoxy groups -OCH3 is 1. The highest BCUT2D eigenvalue weighted by Crippen LogP contribution is 2.42. The molecule has 1 aromatic carbocycles. The minimum Gasteiger partial charge on any atom is -0.489 e. The van der Waals surface area contributed by atoms with Gasteiger partial charge in [0, 0.05) is 19.0 Å². The van der Waals surface area contributed by atoms with E-state index in [0.717, 1.165) is 30.0 Å². The Kier molecular flexibility index (Phi) is 5.12. The zero-order valence-corrected chi connectivity index (χ0v) is 16.4. The molecule has 0 N–H and O–H groups in total. The normalized spacial score (nSPS) is 20.4. The van der Waals surface area contributed by atoms with Gasteiger partial charge in [-0.2, -0.15) is 5.26 Å². The minimum atomic E-state index is -0.0264. The molecule has 8 nitrogen and oxygen atoms in total. The molecule has 1 aromatic heterocycles. The number of likely N-dealkylation sites (tertiary alicyclic amines) is 1. The molecule has 1 fully saturated rings. The molecule has 1 amide bonds. The average molecular weight is 394 g/mol. The molecule has 2 atom stereocenters. The van der Waals surface area contributed by atoms with Crippen molar-refractivity contribution in [3.63, 3.8) is 0 Å². The van der Waals surface area contributed by atoms with Crippen LogP contribution in [0.2, 0.25) is 0 Å². The molecular weight excluding hydrogens is 372 g/mol. The van der Waals surface area contributed by atoms with Gasteiger partial charge >= 0.3 is 0 Å². The van der Waals surface area contributed by atoms with E-state index in [1.165, 1.54) is 7.11 Å². The Morgan fingerprint density at radius 3 is 2.97 bits per heavy atom. The number of benzene rings is 1. The lowest BCUT2D eigenvalue weighted by Gasteiger charge is -2.37. The van der Waals surface area contributed by atoms with E-state index in [0.29, 0.717) is 36.9 Å². The quantitative estimate of drug-likeness (QED) is 0.720. The molecule has 0 radical (unpaired) electrons. The van der Waals surface area contributed by atoms with Crippen LogP contribution in [0.1, 0.15) is 18.9 Å². The Balaban J connectivity index is 1.66. The van der Waals surface area contributed by atoms with E-state index >= 15 is 0 Å². The highest BCUT2D eigenvalue weighted by molar-refractivity contribution is 5.73. The number of fused-ring (bicyclic) bond motifs is 1. The molecule has 0 aliphatic carbocycles. The van der Waals surface area contributed by atoms with Crippen LogP contribution in [-0.4, -0.2) is 55.2 Å². The summed E-state index contributed by atoms with van der Waals surface area (Å²) in [5, 5.41) is 9.42. The molecule has 29 heavy (non-hydrogen) atoms. The molecule has 0 saturated carbocycles. The number of nitriles is 1. The van der Waals surface area contributed by atoms with Gasteiger partial charge in [0.25, 0.3) is 0 Å². The zero-order chi connectivity index (χ0) is 20.4. The first kappa shape index (κ1) is 18.9. The Hall–Kier alpha value is -3.47. The lowest BCUT2D eigenvalue weighted by Crippen LogP contribution is -2.37. The second kappa shape index (κ2) is 7.87. The van der Waals surface area contributed by atoms with Gasteiger partial charge in [-0.25, -0.2) is 4.98 Å². The van der Waals surface area contributed by atoms with Crippen molar-refractivity contribution in [3.8, 4) is 23.4 Å². The van der Waals surface area contributed by atoms with Crippen LogP contribution in [0.15, 0.2) is 30.5 Å². The highest BCUT2D eigenvalue weighted by atomic mass is 16.5. The topological polar surface area (TPSA) is 87.9 Å². The molecule has 4 rings (SSSR count). The minimum absolute atomic E-state index is 0.0264. The van der Waals surface area contributed by atoms with Crippen molar-refractivity contribution in [3.05, 3.63) is 36.0 Å². The van der Waals surface area contributed by atoms with E-state index in [1.807, 2.05) is 25.1 Å². The van der Waals surface area contributed by atoms with Crippen LogP contribution in [0.25, 0.3) is 0 Å². The summed E-state index contributed by atoms with van der Waals surface area (Å²) in [6.07, 6.45) is 3.33. The first-order valence-corrected chi connectivity index (χ1v) is 9.49. The van der Waals surface area contributed by atoms with E-state index in [9.17, 15) is 10.1 Å². The lowest BCUT2D eigenvalue weighted by atomic mass is 10.1. The standard InChI is InChI=1S/C21H22N4O4/c1-14-12-28-20-4-3-17(29-18-5-6-24(11-18)13-26)8-19(20)25(14)16-7-15(9-22)21(27-2)23-10-16/h3-4,7-8,10,13-14,18H,5-6,11-12H2,1-2H3. The number of rotatable bonds is 5. The summed E-state index contributed by atoms with van der Waals surface area (Å²) in [6, 6.07) is 9.64. The summed E-state index contributed by atoms with van der Waals surface area (Å²) in [5.74, 6) is 1.76. The summed E-state index contributed by atoms with van der Waals surface area (Å²) < 4.78 is 17.2. The highest BCUT2D eigenvalue weighted by Gasteiger charge is 2.28. The number of hydrogen-bond donors (Lipinski definition) is 0. The molecule has 1 saturated heterocycles. The fourth-order valence-corrected chi connectivity index (χ4v) is 3.75. The second-order valence-corrected chi connectivity index (χ2v) is 7.15. The summed E-state index contributed by atoms with van der Waals surface area (Å²) in [4.78, 5) is 19.0. The molecule has 0 bridgehead atoms. The Morgan fingerprint density at radius 2 is 2.24 bits per heavy atom. The van der Waals surface area contributed by atoms with Gasteiger partial charge in [-0.3, -0.25) is 4.79 Å². The van der Waals surface area contributed by atoms with Gasteiger partial charge in [-0.05, 0) is 25.1 Å². The largest absolute Gasteiger partial charge is 0.489 e. The third-order valence-corrected chi connectivity index (χ3v) is 5.17. The molecule has 2 aliphatic heterocycles. The van der Waals surface area contributed by atoms with Crippen LogP contribution >= 0.6 is 0 Å². The van der Waals surface area contributed by atoms with Gasteiger partial charge in [0.2, 0.25) is 12.3 Å². The van der Waals surface area contributed by atoms with Gasteiger partial charge in [0.15, 0.2) is 0 Å². The summed E-state index contributed by atoms with van der Waals surface area (Å²) in [5.41, 5.74) is 2.00. The van der Waals surface area contributed by atoms with Crippen molar-refractivity contribution in [2.45, 2.75) is 25.5 Å². The number of anilines is 2. The van der Waals surface area contributed by atoms with Gasteiger partial charge in [-0.15, -0.1) is 0 Å². The van der Waals surface area contributed by atoms with E-state index in [2.05, 4.69) is 16.0 Å². The summed E-state index contributed by atoms with van der Waals surface area (Å²) in [6.45, 7) is 3.86. The van der Waals surface area contributed by atoms with E-state index in [1.54, 1.807) is 17.2 Å². The van der Waals surface area contributed by atoms with Crippen LogP contribution < -0.4 is 19.1 Å². The Morgan fingerprint density at radius 1 is 1.38 bits per heavy atom. The van der Waals surface area contributed by atoms with Crippen LogP contribution in [0.4, 0.5) is 11.4 Å². The first-order valence-electron chi connectivity index (χ1n) is 9.49. The van der Waals surface area contributed by atoms with E-state index in [4.69, 9.17) is 14.2 Å². The van der Waals surface area contributed by atoms with Crippen LogP contribution in [0.5, 0.6) is 17.4 Å². The molecule has 3 heterocycles. The third-order valence-electron chi connectivity index (χ3n) is 5.17. The van der Waals surface area contributed by atoms with Gasteiger partial charge in [0.05, 0.1) is 37.3 Å². The number of pyridine rings is 1. The molecule has 8 heteroatoms. The maximum Gasteiger partial charge on any atom is 0.231 e. The van der Waals surface area contributed by atoms with Gasteiger partial charge in [-0.1, -0.05) is 0 Å². The Labute approximate surface area is 169 Å². The Bertz CT molecular complexity index is 958. The van der Waals surface area contributed by atoms with Crippen molar-refractivity contribution in [1.29, 1.82) is 5.26 Å². The second-order valence-electron chi connectivity index (χ2n) is 7.15. The van der Waals surface area contributed by atoms with Crippen LogP contribution in [0, 0.1) is 11.3 Å². The van der Waals surface area contributed by atoms with Crippen LogP contribution in [0.3, 0.4) is 0 Å². The summed E-state index contributed by atoms with van der Waals surface area (Å²) >= 11 is 0. The fourth-order valence-electron chi connectivity index (χ4n) is 3.75. The first-order chi connectivity index (χ1) is 14.1. The monoisotopic (exact) mass is 394 g/mol. The smallest absolute Gasteiger partial charge is 0.231 e. The fraction of sp³-hybridized carbons (Fsp3) is 0.381. The molecule has 150 valence electrons. The maximum absolute atomic E-state index is 10.9. The number of amides is 1. The maximum atomic E-state index is 10.9. The number of carbonyl (C=O) groups is 1. The van der Waals surface area contributed by atoms with Gasteiger partial charge in [0.1, 0.15) is 35.8 Å². The lowest BCUT2D eigenvalue weighted by molar-refractivity contribution is -0.117.